The van der Waals surface area contributed by atoms with Gasteiger partial charge in [0.15, 0.2) is 6.73 Å². The summed E-state index contributed by atoms with van der Waals surface area (Å²) < 4.78 is 6.62. The van der Waals surface area contributed by atoms with Gasteiger partial charge in [0.25, 0.3) is 0 Å². The molecule has 1 aromatic carbocycles. The highest BCUT2D eigenvalue weighted by atomic mass is 35.5. The second-order valence-corrected chi connectivity index (χ2v) is 3.92. The Morgan fingerprint density at radius 2 is 2.06 bits per heavy atom. The first kappa shape index (κ1) is 12.3. The van der Waals surface area contributed by atoms with Crippen LogP contribution >= 0.6 is 11.6 Å². The van der Waals surface area contributed by atoms with E-state index in [1.165, 1.54) is 17.0 Å². The number of aldehydes is 1. The van der Waals surface area contributed by atoms with Gasteiger partial charge in [-0.25, -0.2) is 4.79 Å². The Balaban J connectivity index is 2.08. The SMILES string of the molecule is O=Cc1ccc(OCn2cc(Cl)cnc2=O)cc1. The van der Waals surface area contributed by atoms with Crippen LogP contribution in [0.1, 0.15) is 10.4 Å². The number of carbonyl (C=O) groups excluding carboxylic acids is 1. The van der Waals surface area contributed by atoms with Crippen LogP contribution in [-0.4, -0.2) is 15.8 Å². The average Bonchev–Trinajstić information content (AvgIpc) is 2.40. The smallest absolute Gasteiger partial charge is 0.350 e. The van der Waals surface area contributed by atoms with Crippen LogP contribution in [0.4, 0.5) is 0 Å². The summed E-state index contributed by atoms with van der Waals surface area (Å²) in [6, 6.07) is 6.54. The lowest BCUT2D eigenvalue weighted by Crippen LogP contribution is -2.24. The van der Waals surface area contributed by atoms with E-state index >= 15 is 0 Å². The standard InChI is InChI=1S/C12H9ClN2O3/c13-10-5-14-12(17)15(6-10)8-18-11-3-1-9(7-16)2-4-11/h1-7H,8H2. The maximum absolute atomic E-state index is 11.4. The minimum atomic E-state index is -0.441. The van der Waals surface area contributed by atoms with E-state index in [2.05, 4.69) is 4.98 Å². The Hall–Kier alpha value is -2.14. The molecule has 1 heterocycles. The maximum Gasteiger partial charge on any atom is 0.350 e. The number of hydrogen-bond acceptors (Lipinski definition) is 4. The van der Waals surface area contributed by atoms with Crippen molar-refractivity contribution in [1.29, 1.82) is 0 Å². The predicted molar refractivity (Wildman–Crippen MR) is 66.0 cm³/mol. The molecular weight excluding hydrogens is 256 g/mol. The minimum Gasteiger partial charge on any atom is -0.473 e. The molecule has 0 amide bonds. The van der Waals surface area contributed by atoms with E-state index in [1.54, 1.807) is 24.3 Å². The van der Waals surface area contributed by atoms with Crippen molar-refractivity contribution >= 4 is 17.9 Å². The van der Waals surface area contributed by atoms with Crippen LogP contribution in [0, 0.1) is 0 Å². The summed E-state index contributed by atoms with van der Waals surface area (Å²) in [5.74, 6) is 0.549. The van der Waals surface area contributed by atoms with Gasteiger partial charge in [-0.1, -0.05) is 11.6 Å². The molecule has 0 atom stereocenters. The summed E-state index contributed by atoms with van der Waals surface area (Å²) in [5, 5.41) is 0.356. The third-order valence-corrected chi connectivity index (χ3v) is 2.40. The number of carbonyl (C=O) groups is 1. The Kier molecular flexibility index (Phi) is 3.74. The van der Waals surface area contributed by atoms with Gasteiger partial charge < -0.3 is 4.74 Å². The fraction of sp³-hybridized carbons (Fsp3) is 0.0833. The predicted octanol–water partition coefficient (Wildman–Crippen LogP) is 1.75. The van der Waals surface area contributed by atoms with Crippen LogP contribution in [0.25, 0.3) is 0 Å². The zero-order valence-electron chi connectivity index (χ0n) is 9.25. The molecule has 92 valence electrons. The van der Waals surface area contributed by atoms with Gasteiger partial charge in [0.05, 0.1) is 11.2 Å². The fourth-order valence-electron chi connectivity index (χ4n) is 1.31. The van der Waals surface area contributed by atoms with Crippen molar-refractivity contribution in [2.24, 2.45) is 0 Å². The summed E-state index contributed by atoms with van der Waals surface area (Å²) in [6.07, 6.45) is 3.46. The molecule has 0 fully saturated rings. The molecule has 0 N–H and O–H groups in total. The third-order valence-electron chi connectivity index (χ3n) is 2.21. The molecule has 0 saturated heterocycles. The lowest BCUT2D eigenvalue weighted by molar-refractivity contribution is 0.112. The number of nitrogens with zero attached hydrogens (tertiary/aromatic N) is 2. The van der Waals surface area contributed by atoms with Gasteiger partial charge in [-0.05, 0) is 24.3 Å². The third kappa shape index (κ3) is 2.95. The number of rotatable bonds is 4. The zero-order chi connectivity index (χ0) is 13.0. The van der Waals surface area contributed by atoms with Gasteiger partial charge in [0, 0.05) is 11.8 Å². The van der Waals surface area contributed by atoms with E-state index < -0.39 is 5.69 Å². The first-order valence-corrected chi connectivity index (χ1v) is 5.47. The van der Waals surface area contributed by atoms with Crippen molar-refractivity contribution in [1.82, 2.24) is 9.55 Å². The Morgan fingerprint density at radius 1 is 1.33 bits per heavy atom. The van der Waals surface area contributed by atoms with Gasteiger partial charge in [0.1, 0.15) is 12.0 Å². The second-order valence-electron chi connectivity index (χ2n) is 3.48. The van der Waals surface area contributed by atoms with Crippen LogP contribution < -0.4 is 10.4 Å². The number of aromatic nitrogens is 2. The molecule has 0 spiro atoms. The topological polar surface area (TPSA) is 61.2 Å². The highest BCUT2D eigenvalue weighted by molar-refractivity contribution is 6.30. The molecule has 0 aliphatic rings. The molecule has 0 radical (unpaired) electrons. The summed E-state index contributed by atoms with van der Waals surface area (Å²) in [5.41, 5.74) is 0.118. The van der Waals surface area contributed by atoms with Crippen LogP contribution in [0.2, 0.25) is 5.02 Å². The molecule has 0 bridgehead atoms. The summed E-state index contributed by atoms with van der Waals surface area (Å²) in [4.78, 5) is 25.4. The van der Waals surface area contributed by atoms with Crippen LogP contribution in [0.15, 0.2) is 41.5 Å². The van der Waals surface area contributed by atoms with E-state index in [9.17, 15) is 9.59 Å². The molecule has 1 aromatic heterocycles. The molecular formula is C12H9ClN2O3. The van der Waals surface area contributed by atoms with Crippen LogP contribution in [0.3, 0.4) is 0 Å². The Bertz CT molecular complexity index is 607. The largest absolute Gasteiger partial charge is 0.473 e. The molecule has 0 saturated carbocycles. The van der Waals surface area contributed by atoms with Crippen LogP contribution in [-0.2, 0) is 6.73 Å². The highest BCUT2D eigenvalue weighted by Crippen LogP contribution is 2.11. The average molecular weight is 265 g/mol. The first-order chi connectivity index (χ1) is 8.69. The van der Waals surface area contributed by atoms with E-state index in [4.69, 9.17) is 16.3 Å². The minimum absolute atomic E-state index is 0.00678. The zero-order valence-corrected chi connectivity index (χ0v) is 10.0. The van der Waals surface area contributed by atoms with E-state index in [0.29, 0.717) is 16.3 Å². The van der Waals surface area contributed by atoms with Crippen molar-refractivity contribution in [3.8, 4) is 5.75 Å². The molecule has 5 nitrogen and oxygen atoms in total. The summed E-state index contributed by atoms with van der Waals surface area (Å²) in [6.45, 7) is 0.00678. The molecule has 0 aliphatic carbocycles. The van der Waals surface area contributed by atoms with Gasteiger partial charge in [-0.15, -0.1) is 0 Å². The quantitative estimate of drug-likeness (QED) is 0.789. The first-order valence-electron chi connectivity index (χ1n) is 5.09. The molecule has 2 rings (SSSR count). The van der Waals surface area contributed by atoms with Gasteiger partial charge in [0.2, 0.25) is 0 Å². The van der Waals surface area contributed by atoms with E-state index in [-0.39, 0.29) is 6.73 Å². The van der Waals surface area contributed by atoms with Gasteiger partial charge >= 0.3 is 5.69 Å². The summed E-state index contributed by atoms with van der Waals surface area (Å²) >= 11 is 5.72. The van der Waals surface area contributed by atoms with Crippen molar-refractivity contribution in [2.45, 2.75) is 6.73 Å². The number of halogens is 1. The molecule has 0 aliphatic heterocycles. The molecule has 18 heavy (non-hydrogen) atoms. The summed E-state index contributed by atoms with van der Waals surface area (Å²) in [7, 11) is 0. The van der Waals surface area contributed by atoms with E-state index in [1.807, 2.05) is 0 Å². The lowest BCUT2D eigenvalue weighted by Gasteiger charge is -2.08. The van der Waals surface area contributed by atoms with Crippen molar-refractivity contribution in [3.63, 3.8) is 0 Å². The van der Waals surface area contributed by atoms with Crippen molar-refractivity contribution in [2.75, 3.05) is 0 Å². The normalized spacial score (nSPS) is 10.1. The maximum atomic E-state index is 11.4. The number of benzene rings is 1. The monoisotopic (exact) mass is 264 g/mol. The van der Waals surface area contributed by atoms with Gasteiger partial charge in [-0.2, -0.15) is 4.98 Å². The van der Waals surface area contributed by atoms with Gasteiger partial charge in [-0.3, -0.25) is 9.36 Å². The number of ether oxygens (including phenoxy) is 1. The van der Waals surface area contributed by atoms with Crippen molar-refractivity contribution in [3.05, 3.63) is 57.7 Å². The lowest BCUT2D eigenvalue weighted by atomic mass is 10.2. The molecule has 6 heteroatoms. The Morgan fingerprint density at radius 3 is 2.72 bits per heavy atom. The van der Waals surface area contributed by atoms with Crippen molar-refractivity contribution < 1.29 is 9.53 Å². The molecule has 0 unspecified atom stereocenters. The van der Waals surface area contributed by atoms with E-state index in [0.717, 1.165) is 6.29 Å². The second kappa shape index (κ2) is 5.46. The van der Waals surface area contributed by atoms with Crippen LogP contribution in [0.5, 0.6) is 5.75 Å². The number of hydrogen-bond donors (Lipinski definition) is 0. The highest BCUT2D eigenvalue weighted by Gasteiger charge is 2.00. The molecule has 2 aromatic rings. The fourth-order valence-corrected chi connectivity index (χ4v) is 1.47. The Labute approximate surface area is 108 Å².